The molecule has 0 aliphatic carbocycles. The molecule has 1 aliphatic rings. The largest absolute Gasteiger partial charge is 0.308 e. The highest BCUT2D eigenvalue weighted by molar-refractivity contribution is 5.85. The van der Waals surface area contributed by atoms with Crippen LogP contribution in [0.15, 0.2) is 24.3 Å². The van der Waals surface area contributed by atoms with Gasteiger partial charge in [-0.25, -0.2) is 4.39 Å². The van der Waals surface area contributed by atoms with Crippen molar-refractivity contribution < 1.29 is 4.39 Å². The Kier molecular flexibility index (Phi) is 3.51. The van der Waals surface area contributed by atoms with Gasteiger partial charge in [-0.15, -0.1) is 12.4 Å². The molecule has 3 heteroatoms. The number of hydrogen-bond acceptors (Lipinski definition) is 1. The molecule has 0 spiro atoms. The molecule has 0 radical (unpaired) electrons. The summed E-state index contributed by atoms with van der Waals surface area (Å²) in [7, 11) is 0. The molecule has 0 saturated carbocycles. The van der Waals surface area contributed by atoms with Crippen molar-refractivity contribution in [3.63, 3.8) is 0 Å². The highest BCUT2D eigenvalue weighted by Gasteiger charge is 2.29. The van der Waals surface area contributed by atoms with Crippen LogP contribution in [0.1, 0.15) is 25.3 Å². The number of hydrogen-bond donors (Lipinski definition) is 1. The Morgan fingerprint density at radius 3 is 2.43 bits per heavy atom. The van der Waals surface area contributed by atoms with Gasteiger partial charge in [0.25, 0.3) is 0 Å². The van der Waals surface area contributed by atoms with E-state index < -0.39 is 0 Å². The highest BCUT2D eigenvalue weighted by Crippen LogP contribution is 2.29. The fourth-order valence-electron chi connectivity index (χ4n) is 1.96. The van der Waals surface area contributed by atoms with Crippen molar-refractivity contribution in [3.05, 3.63) is 35.6 Å². The van der Waals surface area contributed by atoms with E-state index in [1.54, 1.807) is 0 Å². The molecule has 2 rings (SSSR count). The summed E-state index contributed by atoms with van der Waals surface area (Å²) in [4.78, 5) is 0. The van der Waals surface area contributed by atoms with Gasteiger partial charge >= 0.3 is 0 Å². The monoisotopic (exact) mass is 215 g/mol. The Hall–Kier alpha value is -0.600. The highest BCUT2D eigenvalue weighted by atomic mass is 35.5. The maximum absolute atomic E-state index is 12.7. The Balaban J connectivity index is 0.000000980. The number of halogens is 2. The third-order valence-electron chi connectivity index (χ3n) is 2.85. The Morgan fingerprint density at radius 2 is 1.93 bits per heavy atom. The lowest BCUT2D eigenvalue weighted by Gasteiger charge is -2.24. The van der Waals surface area contributed by atoms with Crippen LogP contribution in [0.2, 0.25) is 0 Å². The maximum atomic E-state index is 12.7. The summed E-state index contributed by atoms with van der Waals surface area (Å²) in [5.41, 5.74) is 1.25. The zero-order valence-electron chi connectivity index (χ0n) is 8.22. The van der Waals surface area contributed by atoms with Crippen molar-refractivity contribution in [3.8, 4) is 0 Å². The summed E-state index contributed by atoms with van der Waals surface area (Å²) >= 11 is 0. The molecule has 1 fully saturated rings. The SMILES string of the molecule is CC1(c2ccc(F)cc2)CCCN1.Cl. The first-order chi connectivity index (χ1) is 6.21. The van der Waals surface area contributed by atoms with Crippen LogP contribution in [0.3, 0.4) is 0 Å². The van der Waals surface area contributed by atoms with Gasteiger partial charge in [-0.2, -0.15) is 0 Å². The van der Waals surface area contributed by atoms with Gasteiger partial charge in [-0.3, -0.25) is 0 Å². The lowest BCUT2D eigenvalue weighted by molar-refractivity contribution is 0.434. The zero-order chi connectivity index (χ0) is 9.31. The van der Waals surface area contributed by atoms with Crippen LogP contribution in [-0.2, 0) is 5.54 Å². The van der Waals surface area contributed by atoms with E-state index in [1.807, 2.05) is 12.1 Å². The second-order valence-electron chi connectivity index (χ2n) is 3.87. The minimum Gasteiger partial charge on any atom is -0.308 e. The van der Waals surface area contributed by atoms with Gasteiger partial charge in [0, 0.05) is 5.54 Å². The van der Waals surface area contributed by atoms with E-state index in [1.165, 1.54) is 24.1 Å². The first kappa shape index (κ1) is 11.5. The molecule has 0 amide bonds. The van der Waals surface area contributed by atoms with Crippen LogP contribution < -0.4 is 5.32 Å². The molecule has 1 aromatic carbocycles. The van der Waals surface area contributed by atoms with Crippen molar-refractivity contribution in [1.82, 2.24) is 5.32 Å². The average Bonchev–Trinajstić information content (AvgIpc) is 2.54. The summed E-state index contributed by atoms with van der Waals surface area (Å²) in [6.07, 6.45) is 2.34. The van der Waals surface area contributed by atoms with Crippen LogP contribution in [0, 0.1) is 5.82 Å². The van der Waals surface area contributed by atoms with Crippen LogP contribution in [0.5, 0.6) is 0 Å². The summed E-state index contributed by atoms with van der Waals surface area (Å²) in [6.45, 7) is 3.24. The predicted molar refractivity (Wildman–Crippen MR) is 58.2 cm³/mol. The number of rotatable bonds is 1. The maximum Gasteiger partial charge on any atom is 0.123 e. The third-order valence-corrected chi connectivity index (χ3v) is 2.85. The zero-order valence-corrected chi connectivity index (χ0v) is 9.03. The first-order valence-corrected chi connectivity index (χ1v) is 4.72. The molecular weight excluding hydrogens is 201 g/mol. The van der Waals surface area contributed by atoms with E-state index >= 15 is 0 Å². The smallest absolute Gasteiger partial charge is 0.123 e. The van der Waals surface area contributed by atoms with Crippen molar-refractivity contribution in [2.75, 3.05) is 6.54 Å². The van der Waals surface area contributed by atoms with Crippen LogP contribution in [0.25, 0.3) is 0 Å². The van der Waals surface area contributed by atoms with Crippen molar-refractivity contribution in [2.45, 2.75) is 25.3 Å². The van der Waals surface area contributed by atoms with Gasteiger partial charge < -0.3 is 5.32 Å². The fraction of sp³-hybridized carbons (Fsp3) is 0.455. The molecule has 1 heterocycles. The van der Waals surface area contributed by atoms with Gasteiger partial charge in [0.05, 0.1) is 0 Å². The number of nitrogens with one attached hydrogen (secondary N) is 1. The topological polar surface area (TPSA) is 12.0 Å². The normalized spacial score (nSPS) is 25.9. The van der Waals surface area contributed by atoms with Gasteiger partial charge in [0.15, 0.2) is 0 Å². The molecule has 1 aromatic rings. The van der Waals surface area contributed by atoms with Gasteiger partial charge in [-0.1, -0.05) is 12.1 Å². The van der Waals surface area contributed by atoms with Crippen LogP contribution in [0.4, 0.5) is 4.39 Å². The Bertz CT molecular complexity index is 291. The van der Waals surface area contributed by atoms with Crippen molar-refractivity contribution >= 4 is 12.4 Å². The second kappa shape index (κ2) is 4.28. The fourth-order valence-corrected chi connectivity index (χ4v) is 1.96. The van der Waals surface area contributed by atoms with Gasteiger partial charge in [0.2, 0.25) is 0 Å². The molecule has 1 aliphatic heterocycles. The summed E-state index contributed by atoms with van der Waals surface area (Å²) < 4.78 is 12.7. The number of benzene rings is 1. The van der Waals surface area contributed by atoms with E-state index in [9.17, 15) is 4.39 Å². The molecule has 0 bridgehead atoms. The minimum atomic E-state index is -0.162. The van der Waals surface area contributed by atoms with Gasteiger partial charge in [0.1, 0.15) is 5.82 Å². The second-order valence-corrected chi connectivity index (χ2v) is 3.87. The molecular formula is C11H15ClFN. The van der Waals surface area contributed by atoms with Crippen LogP contribution in [-0.4, -0.2) is 6.54 Å². The van der Waals surface area contributed by atoms with Crippen LogP contribution >= 0.6 is 12.4 Å². The Morgan fingerprint density at radius 1 is 1.29 bits per heavy atom. The molecule has 78 valence electrons. The van der Waals surface area contributed by atoms with E-state index in [0.717, 1.165) is 13.0 Å². The van der Waals surface area contributed by atoms with Crippen molar-refractivity contribution in [2.24, 2.45) is 0 Å². The molecule has 0 aromatic heterocycles. The van der Waals surface area contributed by atoms with E-state index in [0.29, 0.717) is 0 Å². The molecule has 1 N–H and O–H groups in total. The predicted octanol–water partition coefficient (Wildman–Crippen LogP) is 2.85. The summed E-state index contributed by atoms with van der Waals surface area (Å²) in [5.74, 6) is -0.162. The van der Waals surface area contributed by atoms with Gasteiger partial charge in [-0.05, 0) is 44.0 Å². The van der Waals surface area contributed by atoms with E-state index in [-0.39, 0.29) is 23.8 Å². The van der Waals surface area contributed by atoms with Crippen molar-refractivity contribution in [1.29, 1.82) is 0 Å². The summed E-state index contributed by atoms with van der Waals surface area (Å²) in [5, 5.41) is 3.45. The summed E-state index contributed by atoms with van der Waals surface area (Å²) in [6, 6.07) is 6.79. The molecule has 1 unspecified atom stereocenters. The molecule has 1 saturated heterocycles. The molecule has 1 nitrogen and oxygen atoms in total. The first-order valence-electron chi connectivity index (χ1n) is 4.72. The standard InChI is InChI=1S/C11H14FN.ClH/c1-11(7-2-8-13-11)9-3-5-10(12)6-4-9;/h3-6,13H,2,7-8H2,1H3;1H. The van der Waals surface area contributed by atoms with E-state index in [2.05, 4.69) is 12.2 Å². The Labute approximate surface area is 90.1 Å². The molecule has 14 heavy (non-hydrogen) atoms. The minimum absolute atomic E-state index is 0. The third kappa shape index (κ3) is 2.07. The lowest BCUT2D eigenvalue weighted by atomic mass is 9.91. The average molecular weight is 216 g/mol. The quantitative estimate of drug-likeness (QED) is 0.760. The molecule has 1 atom stereocenters. The lowest BCUT2D eigenvalue weighted by Crippen LogP contribution is -2.32. The van der Waals surface area contributed by atoms with E-state index in [4.69, 9.17) is 0 Å².